The normalized spacial score (nSPS) is 17.0. The molecule has 28 nitrogen and oxygen atoms in total. The van der Waals surface area contributed by atoms with Gasteiger partial charge in [0.2, 0.25) is 5.91 Å². The molecule has 9 unspecified atom stereocenters. The van der Waals surface area contributed by atoms with Gasteiger partial charge in [-0.3, -0.25) is 31.9 Å². The number of unbranched alkanes of at least 4 members (excludes halogenated alkanes) is 4. The third-order valence-electron chi connectivity index (χ3n) is 9.15. The van der Waals surface area contributed by atoms with Crippen molar-refractivity contribution in [3.8, 4) is 0 Å². The van der Waals surface area contributed by atoms with E-state index in [1.807, 2.05) is 0 Å². The van der Waals surface area contributed by atoms with Crippen LogP contribution < -0.4 is 16.0 Å². The van der Waals surface area contributed by atoms with Crippen LogP contribution in [0.2, 0.25) is 0 Å². The van der Waals surface area contributed by atoms with Crippen molar-refractivity contribution in [1.29, 1.82) is 0 Å². The number of carbonyl (C=O) groups is 3. The van der Waals surface area contributed by atoms with E-state index >= 15 is 0 Å². The summed E-state index contributed by atoms with van der Waals surface area (Å²) in [5.74, 6) is -0.449. The minimum atomic E-state index is -5.03. The summed E-state index contributed by atoms with van der Waals surface area (Å²) in [6.07, 6.45) is -4.24. The Balaban J connectivity index is 4.91. The first-order chi connectivity index (χ1) is 32.7. The summed E-state index contributed by atoms with van der Waals surface area (Å²) in [6, 6.07) is -0.941. The van der Waals surface area contributed by atoms with E-state index < -0.39 is 105 Å². The van der Waals surface area contributed by atoms with Gasteiger partial charge in [-0.25, -0.2) is 23.3 Å². The van der Waals surface area contributed by atoms with E-state index in [2.05, 4.69) is 16.0 Å². The topological polar surface area (TPSA) is 358 Å². The standard InChI is InChI=1S/C38H78N3O25P3/c1-30(55-6)34(42)28-63-68(48,49)65-32(26-54-5)27-62-69(50,51)66-35(31(2)56-7)29-64-67(46,47)61-17-13-9-8-11-15-39-36(43)33(41-38(45)60-25-23-58-21-19-53-4)14-10-12-16-40-37(44)59-24-22-57-20-18-52-3/h30-35,42H,8-29H2,1-7H3,(H,39,43)(H,40,44)(H,41,45)(H,46,47)(H,48,49)(H,50,51). The van der Waals surface area contributed by atoms with Crippen LogP contribution in [-0.4, -0.2) is 209 Å². The summed E-state index contributed by atoms with van der Waals surface area (Å²) in [7, 11) is -7.74. The highest BCUT2D eigenvalue weighted by Crippen LogP contribution is 2.49. The Morgan fingerprint density at radius 1 is 0.522 bits per heavy atom. The molecule has 0 aliphatic carbocycles. The summed E-state index contributed by atoms with van der Waals surface area (Å²) in [5.41, 5.74) is 0. The second-order valence-corrected chi connectivity index (χ2v) is 19.0. The number of amides is 3. The van der Waals surface area contributed by atoms with Crippen LogP contribution in [0.3, 0.4) is 0 Å². The molecule has 0 heterocycles. The number of alkyl carbamates (subject to hydrolysis) is 2. The largest absolute Gasteiger partial charge is 0.472 e. The Morgan fingerprint density at radius 3 is 1.67 bits per heavy atom. The predicted molar refractivity (Wildman–Crippen MR) is 242 cm³/mol. The fraction of sp³-hybridized carbons (Fsp3) is 0.921. The molecule has 0 radical (unpaired) electrons. The monoisotopic (exact) mass is 1070 g/mol. The summed E-state index contributed by atoms with van der Waals surface area (Å²) in [6.45, 7) is 2.44. The minimum Gasteiger partial charge on any atom is -0.447 e. The number of phosphoric ester groups is 3. The molecule has 3 amide bonds. The Bertz CT molecular complexity index is 1490. The molecule has 69 heavy (non-hydrogen) atoms. The molecule has 0 aliphatic rings. The minimum absolute atomic E-state index is 0.0467. The molecule has 0 aromatic rings. The Morgan fingerprint density at radius 2 is 1.06 bits per heavy atom. The molecule has 0 saturated carbocycles. The summed E-state index contributed by atoms with van der Waals surface area (Å²) < 4.78 is 113. The zero-order chi connectivity index (χ0) is 52.0. The average Bonchev–Trinajstić information content (AvgIpc) is 3.30. The van der Waals surface area contributed by atoms with E-state index in [1.165, 1.54) is 42.3 Å². The highest BCUT2D eigenvalue weighted by atomic mass is 31.2. The lowest BCUT2D eigenvalue weighted by atomic mass is 10.1. The smallest absolute Gasteiger partial charge is 0.447 e. The van der Waals surface area contributed by atoms with Crippen molar-refractivity contribution in [2.75, 3.05) is 135 Å². The number of methoxy groups -OCH3 is 5. The molecule has 0 spiro atoms. The summed E-state index contributed by atoms with van der Waals surface area (Å²) >= 11 is 0. The van der Waals surface area contributed by atoms with Crippen LogP contribution in [0.15, 0.2) is 0 Å². The SMILES string of the molecule is COCCOCCOC(=O)NCCCCC(NC(=O)OCCOCCOC)C(=O)NCCCCCCOP(=O)(O)OCC(OP(=O)(O)OCC(COC)OP(=O)(O)OCC(O)C(C)OC)C(C)OC. The van der Waals surface area contributed by atoms with Gasteiger partial charge >= 0.3 is 35.7 Å². The number of ether oxygens (including phenoxy) is 9. The maximum absolute atomic E-state index is 13.1. The van der Waals surface area contributed by atoms with Crippen molar-refractivity contribution in [3.63, 3.8) is 0 Å². The molecule has 0 rings (SSSR count). The summed E-state index contributed by atoms with van der Waals surface area (Å²) in [5, 5.41) is 17.9. The number of hydrogen-bond acceptors (Lipinski definition) is 22. The molecule has 410 valence electrons. The predicted octanol–water partition coefficient (Wildman–Crippen LogP) is 2.20. The van der Waals surface area contributed by atoms with Crippen LogP contribution in [0, 0.1) is 0 Å². The van der Waals surface area contributed by atoms with Gasteiger partial charge in [0.15, 0.2) is 0 Å². The Hall–Kier alpha value is -1.98. The molecule has 0 fully saturated rings. The Kier molecular flexibility index (Phi) is 39.3. The number of hydrogen-bond donors (Lipinski definition) is 7. The van der Waals surface area contributed by atoms with Gasteiger partial charge < -0.3 is 78.4 Å². The number of phosphoric acid groups is 3. The number of aliphatic hydroxyl groups excluding tert-OH is 1. The van der Waals surface area contributed by atoms with Crippen molar-refractivity contribution in [3.05, 3.63) is 0 Å². The van der Waals surface area contributed by atoms with Crippen molar-refractivity contribution >= 4 is 41.6 Å². The molecule has 31 heteroatoms. The first-order valence-electron chi connectivity index (χ1n) is 22.2. The molecular formula is C38H78N3O25P3. The van der Waals surface area contributed by atoms with Crippen LogP contribution in [0.25, 0.3) is 0 Å². The second kappa shape index (κ2) is 40.5. The molecule has 9 atom stereocenters. The second-order valence-electron chi connectivity index (χ2n) is 14.7. The molecule has 0 aromatic heterocycles. The van der Waals surface area contributed by atoms with E-state index in [1.54, 1.807) is 7.11 Å². The van der Waals surface area contributed by atoms with E-state index in [0.717, 1.165) is 0 Å². The highest BCUT2D eigenvalue weighted by molar-refractivity contribution is 7.48. The first-order valence-corrected chi connectivity index (χ1v) is 26.6. The van der Waals surface area contributed by atoms with Gasteiger partial charge in [-0.1, -0.05) is 12.8 Å². The maximum atomic E-state index is 13.1. The van der Waals surface area contributed by atoms with Gasteiger partial charge in [-0.15, -0.1) is 0 Å². The zero-order valence-corrected chi connectivity index (χ0v) is 43.4. The van der Waals surface area contributed by atoms with Crippen LogP contribution >= 0.6 is 23.5 Å². The van der Waals surface area contributed by atoms with Gasteiger partial charge in [0.1, 0.15) is 37.6 Å². The molecule has 0 aromatic carbocycles. The number of nitrogens with one attached hydrogen (secondary N) is 3. The Labute approximate surface area is 404 Å². The molecular weight excluding hydrogens is 991 g/mol. The highest BCUT2D eigenvalue weighted by Gasteiger charge is 2.36. The lowest BCUT2D eigenvalue weighted by Gasteiger charge is -2.27. The lowest BCUT2D eigenvalue weighted by Crippen LogP contribution is -2.47. The molecule has 0 saturated heterocycles. The fourth-order valence-electron chi connectivity index (χ4n) is 5.10. The van der Waals surface area contributed by atoms with Crippen LogP contribution in [-0.2, 0) is 88.3 Å². The van der Waals surface area contributed by atoms with E-state index in [-0.39, 0.29) is 52.5 Å². The van der Waals surface area contributed by atoms with Crippen molar-refractivity contribution in [2.45, 2.75) is 95.4 Å². The fourth-order valence-corrected chi connectivity index (χ4v) is 7.76. The van der Waals surface area contributed by atoms with Crippen LogP contribution in [0.5, 0.6) is 0 Å². The van der Waals surface area contributed by atoms with Gasteiger partial charge in [-0.05, 0) is 46.0 Å². The zero-order valence-electron chi connectivity index (χ0n) is 40.7. The van der Waals surface area contributed by atoms with Gasteiger partial charge in [0.05, 0.1) is 84.9 Å². The van der Waals surface area contributed by atoms with Gasteiger partial charge in [0.25, 0.3) is 0 Å². The van der Waals surface area contributed by atoms with E-state index in [4.69, 9.17) is 69.8 Å². The number of carbonyl (C=O) groups excluding carboxylic acids is 3. The summed E-state index contributed by atoms with van der Waals surface area (Å²) in [4.78, 5) is 68.2. The van der Waals surface area contributed by atoms with Crippen molar-refractivity contribution in [2.24, 2.45) is 0 Å². The average molecular weight is 1070 g/mol. The molecule has 0 aliphatic heterocycles. The quantitative estimate of drug-likeness (QED) is 0.0339. The third-order valence-corrected chi connectivity index (χ3v) is 12.2. The third kappa shape index (κ3) is 37.4. The van der Waals surface area contributed by atoms with Gasteiger partial charge in [-0.2, -0.15) is 0 Å². The lowest BCUT2D eigenvalue weighted by molar-refractivity contribution is -0.123. The van der Waals surface area contributed by atoms with Crippen molar-refractivity contribution in [1.82, 2.24) is 16.0 Å². The number of aliphatic hydroxyl groups is 1. The molecule has 7 N–H and O–H groups in total. The molecule has 0 bridgehead atoms. The van der Waals surface area contributed by atoms with E-state index in [9.17, 15) is 47.9 Å². The van der Waals surface area contributed by atoms with Crippen molar-refractivity contribution < 1.29 is 118 Å². The number of rotatable bonds is 46. The maximum Gasteiger partial charge on any atom is 0.472 e. The first kappa shape index (κ1) is 67.0. The van der Waals surface area contributed by atoms with Crippen LogP contribution in [0.1, 0.15) is 58.8 Å². The van der Waals surface area contributed by atoms with Gasteiger partial charge in [0, 0.05) is 48.6 Å². The van der Waals surface area contributed by atoms with Crippen LogP contribution in [0.4, 0.5) is 9.59 Å². The van der Waals surface area contributed by atoms with E-state index in [0.29, 0.717) is 65.0 Å².